The Morgan fingerprint density at radius 2 is 1.97 bits per heavy atom. The number of sulfonamides is 1. The molecule has 2 N–H and O–H groups in total. The van der Waals surface area contributed by atoms with Gasteiger partial charge in [0.2, 0.25) is 15.9 Å². The molecule has 2 aromatic heterocycles. The standard InChI is InChI=1S/C19H23N5O5S3/c1-11-10-31-18(20-11)21-16(25)14(7-8-30-4)22-32(28,29)12-5-6-15-13(9-12)17(26)24(3)19(27)23(15)2/h5-6,9-10,14,22H,7-8H2,1-4H3,(H,20,21,25)/t14-/m0/s1. The van der Waals surface area contributed by atoms with Gasteiger partial charge in [-0.15, -0.1) is 11.3 Å². The van der Waals surface area contributed by atoms with Gasteiger partial charge in [0, 0.05) is 19.5 Å². The largest absolute Gasteiger partial charge is 0.330 e. The highest BCUT2D eigenvalue weighted by Gasteiger charge is 2.27. The first-order chi connectivity index (χ1) is 15.0. The number of rotatable bonds is 8. The summed E-state index contributed by atoms with van der Waals surface area (Å²) in [5, 5.41) is 4.89. The number of thiazole rings is 1. The van der Waals surface area contributed by atoms with E-state index in [-0.39, 0.29) is 16.7 Å². The van der Waals surface area contributed by atoms with E-state index in [1.165, 1.54) is 60.0 Å². The number of fused-ring (bicyclic) bond motifs is 1. The second-order valence-corrected chi connectivity index (χ2v) is 10.7. The monoisotopic (exact) mass is 497 g/mol. The minimum absolute atomic E-state index is 0.0841. The van der Waals surface area contributed by atoms with Crippen LogP contribution in [0.4, 0.5) is 5.13 Å². The zero-order chi connectivity index (χ0) is 23.6. The molecule has 0 aliphatic heterocycles. The van der Waals surface area contributed by atoms with E-state index in [1.54, 1.807) is 12.3 Å². The Labute approximate surface area is 192 Å². The number of anilines is 1. The summed E-state index contributed by atoms with van der Waals surface area (Å²) in [5.41, 5.74) is -0.0509. The molecule has 172 valence electrons. The molecule has 3 rings (SSSR count). The summed E-state index contributed by atoms with van der Waals surface area (Å²) in [4.78, 5) is 41.4. The first kappa shape index (κ1) is 24.2. The third-order valence-electron chi connectivity index (χ3n) is 4.82. The molecule has 1 atom stereocenters. The van der Waals surface area contributed by atoms with Gasteiger partial charge in [-0.1, -0.05) is 0 Å². The van der Waals surface area contributed by atoms with Crippen molar-refractivity contribution >= 4 is 55.1 Å². The van der Waals surface area contributed by atoms with Gasteiger partial charge in [-0.05, 0) is 43.6 Å². The second-order valence-electron chi connectivity index (χ2n) is 7.12. The Kier molecular flexibility index (Phi) is 7.22. The molecule has 0 bridgehead atoms. The number of carbonyl (C=O) groups excluding carboxylic acids is 1. The van der Waals surface area contributed by atoms with Crippen molar-refractivity contribution in [2.75, 3.05) is 17.3 Å². The Morgan fingerprint density at radius 3 is 2.59 bits per heavy atom. The van der Waals surface area contributed by atoms with Crippen LogP contribution in [0.5, 0.6) is 0 Å². The number of nitrogens with zero attached hydrogens (tertiary/aromatic N) is 3. The summed E-state index contributed by atoms with van der Waals surface area (Å²) in [6, 6.07) is 2.89. The van der Waals surface area contributed by atoms with Crippen molar-refractivity contribution in [3.05, 3.63) is 50.1 Å². The van der Waals surface area contributed by atoms with Crippen LogP contribution in [0.25, 0.3) is 10.9 Å². The van der Waals surface area contributed by atoms with E-state index in [9.17, 15) is 22.8 Å². The van der Waals surface area contributed by atoms with Gasteiger partial charge in [0.1, 0.15) is 6.04 Å². The van der Waals surface area contributed by atoms with Gasteiger partial charge < -0.3 is 5.32 Å². The lowest BCUT2D eigenvalue weighted by atomic mass is 10.2. The van der Waals surface area contributed by atoms with E-state index in [2.05, 4.69) is 15.0 Å². The predicted octanol–water partition coefficient (Wildman–Crippen LogP) is 1.04. The maximum absolute atomic E-state index is 13.1. The summed E-state index contributed by atoms with van der Waals surface area (Å²) in [5.74, 6) is 0.0359. The summed E-state index contributed by atoms with van der Waals surface area (Å²) in [7, 11) is -1.31. The summed E-state index contributed by atoms with van der Waals surface area (Å²) in [6.45, 7) is 1.79. The van der Waals surface area contributed by atoms with E-state index >= 15 is 0 Å². The van der Waals surface area contributed by atoms with Crippen LogP contribution in [0.3, 0.4) is 0 Å². The van der Waals surface area contributed by atoms with Crippen LogP contribution in [0, 0.1) is 6.92 Å². The normalized spacial score (nSPS) is 12.8. The number of aromatic nitrogens is 3. The van der Waals surface area contributed by atoms with Crippen LogP contribution >= 0.6 is 23.1 Å². The van der Waals surface area contributed by atoms with Crippen molar-refractivity contribution in [2.24, 2.45) is 14.1 Å². The summed E-state index contributed by atoms with van der Waals surface area (Å²) < 4.78 is 30.8. The maximum Gasteiger partial charge on any atom is 0.330 e. The predicted molar refractivity (Wildman–Crippen MR) is 127 cm³/mol. The van der Waals surface area contributed by atoms with E-state index < -0.39 is 33.2 Å². The molecule has 10 nitrogen and oxygen atoms in total. The molecule has 0 aliphatic carbocycles. The topological polar surface area (TPSA) is 132 Å². The Morgan fingerprint density at radius 1 is 1.25 bits per heavy atom. The van der Waals surface area contributed by atoms with Gasteiger partial charge in [-0.2, -0.15) is 16.5 Å². The van der Waals surface area contributed by atoms with Gasteiger partial charge in [0.05, 0.1) is 21.5 Å². The van der Waals surface area contributed by atoms with E-state index in [1.807, 2.05) is 6.26 Å². The van der Waals surface area contributed by atoms with Crippen LogP contribution in [-0.2, 0) is 28.9 Å². The molecule has 0 fully saturated rings. The Balaban J connectivity index is 1.95. The van der Waals surface area contributed by atoms with E-state index in [4.69, 9.17) is 0 Å². The highest BCUT2D eigenvalue weighted by Crippen LogP contribution is 2.18. The van der Waals surface area contributed by atoms with Gasteiger partial charge in [0.25, 0.3) is 5.56 Å². The van der Waals surface area contributed by atoms with Crippen LogP contribution in [-0.4, -0.2) is 46.5 Å². The molecule has 0 saturated carbocycles. The molecule has 0 unspecified atom stereocenters. The van der Waals surface area contributed by atoms with Crippen molar-refractivity contribution < 1.29 is 13.2 Å². The van der Waals surface area contributed by atoms with Crippen LogP contribution in [0.15, 0.2) is 38.1 Å². The summed E-state index contributed by atoms with van der Waals surface area (Å²) >= 11 is 2.73. The molecule has 0 saturated heterocycles. The van der Waals surface area contributed by atoms with Crippen LogP contribution < -0.4 is 21.3 Å². The van der Waals surface area contributed by atoms with Gasteiger partial charge >= 0.3 is 5.69 Å². The quantitative estimate of drug-likeness (QED) is 0.475. The lowest BCUT2D eigenvalue weighted by Gasteiger charge is -2.18. The van der Waals surface area contributed by atoms with Gasteiger partial charge in [-0.3, -0.25) is 18.7 Å². The number of benzene rings is 1. The smallest absolute Gasteiger partial charge is 0.301 e. The molecule has 2 heterocycles. The van der Waals surface area contributed by atoms with Crippen molar-refractivity contribution in [3.63, 3.8) is 0 Å². The molecule has 32 heavy (non-hydrogen) atoms. The zero-order valence-corrected chi connectivity index (χ0v) is 20.4. The SMILES string of the molecule is CSCC[C@H](NS(=O)(=O)c1ccc2c(c1)c(=O)n(C)c(=O)n2C)C(=O)Nc1nc(C)cs1. The minimum atomic E-state index is -4.14. The first-order valence-electron chi connectivity index (χ1n) is 9.49. The van der Waals surface area contributed by atoms with Crippen LogP contribution in [0.1, 0.15) is 12.1 Å². The average molecular weight is 498 g/mol. The van der Waals surface area contributed by atoms with Crippen LogP contribution in [0.2, 0.25) is 0 Å². The number of aryl methyl sites for hydroxylation is 2. The zero-order valence-electron chi connectivity index (χ0n) is 17.9. The number of amides is 1. The Hall–Kier alpha value is -2.48. The molecular weight excluding hydrogens is 474 g/mol. The molecule has 0 radical (unpaired) electrons. The third-order valence-corrected chi connectivity index (χ3v) is 7.81. The number of hydrogen-bond donors (Lipinski definition) is 2. The van der Waals surface area contributed by atoms with Gasteiger partial charge in [-0.25, -0.2) is 18.2 Å². The molecule has 1 amide bonds. The fourth-order valence-electron chi connectivity index (χ4n) is 3.08. The molecule has 0 spiro atoms. The molecule has 1 aromatic carbocycles. The molecule has 3 aromatic rings. The highest BCUT2D eigenvalue weighted by molar-refractivity contribution is 7.98. The minimum Gasteiger partial charge on any atom is -0.301 e. The van der Waals surface area contributed by atoms with Crippen molar-refractivity contribution in [3.8, 4) is 0 Å². The Bertz CT molecular complexity index is 1390. The van der Waals surface area contributed by atoms with Crippen molar-refractivity contribution in [2.45, 2.75) is 24.3 Å². The molecular formula is C19H23N5O5S3. The number of carbonyl (C=O) groups is 1. The third kappa shape index (κ3) is 4.95. The first-order valence-corrected chi connectivity index (χ1v) is 13.2. The lowest BCUT2D eigenvalue weighted by molar-refractivity contribution is -0.117. The van der Waals surface area contributed by atoms with Gasteiger partial charge in [0.15, 0.2) is 5.13 Å². The number of thioether (sulfide) groups is 1. The fraction of sp³-hybridized carbons (Fsp3) is 0.368. The average Bonchev–Trinajstić information content (AvgIpc) is 3.17. The molecule has 13 heteroatoms. The van der Waals surface area contributed by atoms with Crippen molar-refractivity contribution in [1.29, 1.82) is 0 Å². The lowest BCUT2D eigenvalue weighted by Crippen LogP contribution is -2.44. The van der Waals surface area contributed by atoms with E-state index in [0.717, 1.165) is 10.3 Å². The number of hydrogen-bond acceptors (Lipinski definition) is 8. The highest BCUT2D eigenvalue weighted by atomic mass is 32.2. The van der Waals surface area contributed by atoms with E-state index in [0.29, 0.717) is 16.4 Å². The summed E-state index contributed by atoms with van der Waals surface area (Å²) in [6.07, 6.45) is 2.12. The second kappa shape index (κ2) is 9.57. The van der Waals surface area contributed by atoms with Crippen molar-refractivity contribution in [1.82, 2.24) is 18.8 Å². The number of nitrogens with one attached hydrogen (secondary N) is 2. The molecule has 0 aliphatic rings. The maximum atomic E-state index is 13.1. The fourth-order valence-corrected chi connectivity index (χ4v) is 5.50.